The summed E-state index contributed by atoms with van der Waals surface area (Å²) in [5.74, 6) is 0. The predicted molar refractivity (Wildman–Crippen MR) is 153 cm³/mol. The summed E-state index contributed by atoms with van der Waals surface area (Å²) >= 11 is 1.51. The van der Waals surface area contributed by atoms with Crippen molar-refractivity contribution in [2.75, 3.05) is 0 Å². The molecule has 0 fully saturated rings. The highest BCUT2D eigenvalue weighted by atomic mass is 32.1. The quantitative estimate of drug-likeness (QED) is 0.219. The van der Waals surface area contributed by atoms with Gasteiger partial charge < -0.3 is 8.98 Å². The molecule has 37 heavy (non-hydrogen) atoms. The highest BCUT2D eigenvalue weighted by Crippen LogP contribution is 2.35. The minimum atomic E-state index is -0.103. The average molecular weight is 496 g/mol. The van der Waals surface area contributed by atoms with Crippen molar-refractivity contribution in [1.29, 1.82) is 0 Å². The van der Waals surface area contributed by atoms with E-state index in [1.807, 2.05) is 72.8 Å². The third-order valence-corrected chi connectivity index (χ3v) is 8.33. The fraction of sp³-hybridized carbons (Fsp3) is 0. The first kappa shape index (κ1) is 20.5. The molecule has 0 aliphatic rings. The Hall–Kier alpha value is -4.74. The maximum atomic E-state index is 13.8. The van der Waals surface area contributed by atoms with Crippen molar-refractivity contribution in [2.45, 2.75) is 0 Å². The number of aromatic nitrogens is 1. The van der Waals surface area contributed by atoms with Gasteiger partial charge >= 0.3 is 0 Å². The molecule has 174 valence electrons. The number of para-hydroxylation sites is 3. The highest BCUT2D eigenvalue weighted by Gasteiger charge is 2.18. The summed E-state index contributed by atoms with van der Waals surface area (Å²) in [5.41, 5.74) is 3.62. The van der Waals surface area contributed by atoms with E-state index in [0.717, 1.165) is 36.9 Å². The van der Waals surface area contributed by atoms with E-state index in [4.69, 9.17) is 4.42 Å². The van der Waals surface area contributed by atoms with Crippen LogP contribution in [0.4, 0.5) is 0 Å². The second-order valence-electron chi connectivity index (χ2n) is 9.23. The third kappa shape index (κ3) is 2.77. The lowest BCUT2D eigenvalue weighted by atomic mass is 10.1. The Morgan fingerprint density at radius 1 is 0.541 bits per heavy atom. The monoisotopic (exact) mass is 495 g/mol. The van der Waals surface area contributed by atoms with Crippen LogP contribution in [-0.4, -0.2) is 4.57 Å². The van der Waals surface area contributed by atoms with Gasteiger partial charge in [-0.3, -0.25) is 9.59 Å². The Morgan fingerprint density at radius 2 is 1.16 bits per heavy atom. The zero-order valence-corrected chi connectivity index (χ0v) is 20.2. The molecule has 0 aliphatic carbocycles. The lowest BCUT2D eigenvalue weighted by Crippen LogP contribution is -2.06. The van der Waals surface area contributed by atoms with Crippen molar-refractivity contribution < 1.29 is 4.42 Å². The molecule has 0 spiro atoms. The third-order valence-electron chi connectivity index (χ3n) is 7.19. The largest absolute Gasteiger partial charge is 0.454 e. The first-order valence-electron chi connectivity index (χ1n) is 12.0. The molecule has 8 aromatic rings. The van der Waals surface area contributed by atoms with Crippen LogP contribution in [0.15, 0.2) is 117 Å². The second-order valence-corrected chi connectivity index (χ2v) is 10.3. The standard InChI is InChI=1S/C32H17NO3S/c34-30-20-10-3-6-15-28(20)37-29-17-22-27(16-23(29)30)36-32-21(31(22)35)11-7-14-26(32)33-24-12-4-1-8-18(24)19-9-2-5-13-25(19)33/h1-17H. The second kappa shape index (κ2) is 7.38. The zero-order chi connectivity index (χ0) is 24.7. The normalized spacial score (nSPS) is 12.0. The van der Waals surface area contributed by atoms with E-state index in [2.05, 4.69) is 28.8 Å². The van der Waals surface area contributed by atoms with Crippen LogP contribution in [0, 0.1) is 0 Å². The van der Waals surface area contributed by atoms with Gasteiger partial charge in [0, 0.05) is 30.9 Å². The zero-order valence-electron chi connectivity index (χ0n) is 19.4. The molecule has 0 saturated heterocycles. The van der Waals surface area contributed by atoms with Gasteiger partial charge in [-0.25, -0.2) is 0 Å². The maximum absolute atomic E-state index is 13.8. The molecule has 0 saturated carbocycles. The minimum absolute atomic E-state index is 0.0512. The van der Waals surface area contributed by atoms with Crippen LogP contribution in [0.25, 0.3) is 69.6 Å². The Labute approximate surface area is 213 Å². The molecule has 0 atom stereocenters. The van der Waals surface area contributed by atoms with Crippen LogP contribution in [0.2, 0.25) is 0 Å². The Kier molecular flexibility index (Phi) is 4.08. The van der Waals surface area contributed by atoms with Crippen LogP contribution in [0.5, 0.6) is 0 Å². The van der Waals surface area contributed by atoms with Gasteiger partial charge in [0.15, 0.2) is 11.0 Å². The van der Waals surface area contributed by atoms with Crippen molar-refractivity contribution in [1.82, 2.24) is 4.57 Å². The molecule has 3 aromatic heterocycles. The molecule has 0 amide bonds. The van der Waals surface area contributed by atoms with Crippen molar-refractivity contribution in [3.63, 3.8) is 0 Å². The summed E-state index contributed by atoms with van der Waals surface area (Å²) in [6.07, 6.45) is 0. The van der Waals surface area contributed by atoms with Crippen molar-refractivity contribution in [2.24, 2.45) is 0 Å². The Bertz CT molecular complexity index is 2300. The fourth-order valence-electron chi connectivity index (χ4n) is 5.51. The van der Waals surface area contributed by atoms with Gasteiger partial charge in [-0.05, 0) is 48.5 Å². The molecule has 8 rings (SSSR count). The van der Waals surface area contributed by atoms with Crippen molar-refractivity contribution >= 4 is 75.3 Å². The smallest absolute Gasteiger partial charge is 0.200 e. The van der Waals surface area contributed by atoms with E-state index in [-0.39, 0.29) is 10.9 Å². The van der Waals surface area contributed by atoms with Gasteiger partial charge in [0.05, 0.1) is 27.5 Å². The van der Waals surface area contributed by atoms with Crippen LogP contribution < -0.4 is 10.9 Å². The van der Waals surface area contributed by atoms with Crippen LogP contribution >= 0.6 is 11.3 Å². The van der Waals surface area contributed by atoms with Crippen molar-refractivity contribution in [3.8, 4) is 5.69 Å². The van der Waals surface area contributed by atoms with Gasteiger partial charge in [-0.15, -0.1) is 11.3 Å². The molecule has 0 bridgehead atoms. The summed E-state index contributed by atoms with van der Waals surface area (Å²) in [6.45, 7) is 0. The van der Waals surface area contributed by atoms with Crippen LogP contribution in [0.3, 0.4) is 0 Å². The topological polar surface area (TPSA) is 52.2 Å². The summed E-state index contributed by atoms with van der Waals surface area (Å²) in [7, 11) is 0. The van der Waals surface area contributed by atoms with E-state index in [1.165, 1.54) is 11.3 Å². The van der Waals surface area contributed by atoms with Gasteiger partial charge in [0.1, 0.15) is 5.58 Å². The van der Waals surface area contributed by atoms with E-state index < -0.39 is 0 Å². The molecule has 5 aromatic carbocycles. The lowest BCUT2D eigenvalue weighted by molar-refractivity contribution is 0.658. The van der Waals surface area contributed by atoms with Crippen LogP contribution in [0.1, 0.15) is 0 Å². The molecule has 0 unspecified atom stereocenters. The first-order chi connectivity index (χ1) is 18.2. The molecule has 0 radical (unpaired) electrons. The van der Waals surface area contributed by atoms with E-state index in [9.17, 15) is 9.59 Å². The molecule has 4 nitrogen and oxygen atoms in total. The number of rotatable bonds is 1. The number of fused-ring (bicyclic) bond motifs is 7. The van der Waals surface area contributed by atoms with Gasteiger partial charge in [-0.1, -0.05) is 54.6 Å². The molecular formula is C32H17NO3S. The first-order valence-corrected chi connectivity index (χ1v) is 12.8. The average Bonchev–Trinajstić information content (AvgIpc) is 3.27. The number of hydrogen-bond acceptors (Lipinski definition) is 4. The Balaban J connectivity index is 1.53. The summed E-state index contributed by atoms with van der Waals surface area (Å²) in [5, 5.41) is 4.49. The minimum Gasteiger partial charge on any atom is -0.454 e. The maximum Gasteiger partial charge on any atom is 0.200 e. The van der Waals surface area contributed by atoms with E-state index >= 15 is 0 Å². The lowest BCUT2D eigenvalue weighted by Gasteiger charge is -2.11. The Morgan fingerprint density at radius 3 is 1.92 bits per heavy atom. The fourth-order valence-corrected chi connectivity index (χ4v) is 6.61. The summed E-state index contributed by atoms with van der Waals surface area (Å²) in [6, 6.07) is 33.3. The van der Waals surface area contributed by atoms with Gasteiger partial charge in [0.2, 0.25) is 5.43 Å². The van der Waals surface area contributed by atoms with Gasteiger partial charge in [0.25, 0.3) is 0 Å². The SMILES string of the molecule is O=c1c2ccccc2sc2cc3c(=O)c4cccc(-n5c6ccccc6c6ccccc65)c4oc3cc12. The molecular weight excluding hydrogens is 478 g/mol. The summed E-state index contributed by atoms with van der Waals surface area (Å²) < 4.78 is 10.3. The number of nitrogens with zero attached hydrogens (tertiary/aromatic N) is 1. The molecule has 0 aliphatic heterocycles. The highest BCUT2D eigenvalue weighted by molar-refractivity contribution is 7.24. The number of hydrogen-bond donors (Lipinski definition) is 0. The molecule has 3 heterocycles. The van der Waals surface area contributed by atoms with Gasteiger partial charge in [-0.2, -0.15) is 0 Å². The summed E-state index contributed by atoms with van der Waals surface area (Å²) in [4.78, 5) is 27.1. The number of benzene rings is 5. The van der Waals surface area contributed by atoms with E-state index in [1.54, 1.807) is 6.07 Å². The molecule has 0 N–H and O–H groups in total. The van der Waals surface area contributed by atoms with Crippen molar-refractivity contribution in [3.05, 3.63) is 124 Å². The molecule has 5 heteroatoms. The predicted octanol–water partition coefficient (Wildman–Crippen LogP) is 7.77. The van der Waals surface area contributed by atoms with E-state index in [0.29, 0.717) is 32.7 Å². The van der Waals surface area contributed by atoms with Crippen LogP contribution in [-0.2, 0) is 0 Å².